The quantitative estimate of drug-likeness (QED) is 0.0361. The zero-order chi connectivity index (χ0) is 32.1. The Morgan fingerprint density at radius 3 is 2.67 bits per heavy atom. The highest BCUT2D eigenvalue weighted by Gasteiger charge is 2.43. The number of nitrogens with one attached hydrogen (secondary N) is 2. The molecule has 5 rings (SSSR count). The van der Waals surface area contributed by atoms with Gasteiger partial charge >= 0.3 is 19.4 Å². The molecule has 21 heteroatoms. The van der Waals surface area contributed by atoms with Crippen LogP contribution in [0.1, 0.15) is 38.1 Å². The smallest absolute Gasteiger partial charge is 0.394 e. The van der Waals surface area contributed by atoms with Crippen LogP contribution in [-0.4, -0.2) is 96.0 Å². The van der Waals surface area contributed by atoms with E-state index in [0.29, 0.717) is 30.6 Å². The maximum atomic E-state index is 14.1. The van der Waals surface area contributed by atoms with Gasteiger partial charge in [0.05, 0.1) is 32.2 Å². The fraction of sp³-hybridized carbons (Fsp3) is 0.583. The number of hydrogen-bond acceptors (Lipinski definition) is 14. The highest BCUT2D eigenvalue weighted by Crippen LogP contribution is 2.49. The Hall–Kier alpha value is -3.75. The van der Waals surface area contributed by atoms with Crippen LogP contribution in [0, 0.1) is 0 Å². The molecule has 0 amide bonds. The van der Waals surface area contributed by atoms with Crippen LogP contribution in [0.5, 0.6) is 0 Å². The lowest BCUT2D eigenvalue weighted by Crippen LogP contribution is -2.78. The largest absolute Gasteiger partial charge is 0.405 e. The fourth-order valence-corrected chi connectivity index (χ4v) is 6.65. The van der Waals surface area contributed by atoms with Gasteiger partial charge in [0.25, 0.3) is 0 Å². The van der Waals surface area contributed by atoms with Crippen molar-refractivity contribution in [3.8, 4) is 0 Å². The fourth-order valence-electron chi connectivity index (χ4n) is 5.07. The number of nitrogens with two attached hydrogens (primary N) is 4. The average Bonchev–Trinajstić information content (AvgIpc) is 3.71. The van der Waals surface area contributed by atoms with Crippen molar-refractivity contribution in [3.63, 3.8) is 0 Å². The molecule has 7 unspecified atom stereocenters. The number of rotatable bonds is 14. The number of unbranched alkanes of at least 4 members (excludes halogenated alkanes) is 1. The molecule has 246 valence electrons. The van der Waals surface area contributed by atoms with Gasteiger partial charge in [-0.2, -0.15) is 4.98 Å². The summed E-state index contributed by atoms with van der Waals surface area (Å²) in [4.78, 5) is 31.3. The molecule has 0 aliphatic carbocycles. The van der Waals surface area contributed by atoms with E-state index >= 15 is 0 Å². The van der Waals surface area contributed by atoms with Crippen LogP contribution < -0.4 is 38.7 Å². The Labute approximate surface area is 256 Å². The van der Waals surface area contributed by atoms with Gasteiger partial charge in [-0.1, -0.05) is 0 Å². The molecule has 45 heavy (non-hydrogen) atoms. The van der Waals surface area contributed by atoms with Crippen LogP contribution >= 0.6 is 7.75 Å². The van der Waals surface area contributed by atoms with Crippen LogP contribution in [-0.2, 0) is 23.1 Å². The van der Waals surface area contributed by atoms with Gasteiger partial charge in [0.15, 0.2) is 11.5 Å². The first kappa shape index (κ1) is 32.6. The first-order valence-electron chi connectivity index (χ1n) is 14.2. The lowest BCUT2D eigenvalue weighted by molar-refractivity contribution is -0.459. The van der Waals surface area contributed by atoms with E-state index in [1.54, 1.807) is 4.57 Å². The van der Waals surface area contributed by atoms with Crippen molar-refractivity contribution in [2.45, 2.75) is 62.6 Å². The topological polar surface area (TPSA) is 303 Å². The molecule has 2 aliphatic rings. The summed E-state index contributed by atoms with van der Waals surface area (Å²) in [5.41, 5.74) is 22.5. The number of nitrogens with zero attached hydrogens (tertiary/aromatic N) is 6. The van der Waals surface area contributed by atoms with Gasteiger partial charge in [-0.25, -0.2) is 29.4 Å². The van der Waals surface area contributed by atoms with Gasteiger partial charge in [0, 0.05) is 25.6 Å². The van der Waals surface area contributed by atoms with E-state index in [2.05, 4.69) is 30.0 Å². The highest BCUT2D eigenvalue weighted by molar-refractivity contribution is 7.51. The summed E-state index contributed by atoms with van der Waals surface area (Å²) in [6, 6.07) is 1.43. The van der Waals surface area contributed by atoms with Crippen LogP contribution in [0.15, 0.2) is 29.7 Å². The van der Waals surface area contributed by atoms with Gasteiger partial charge < -0.3 is 31.2 Å². The first-order chi connectivity index (χ1) is 21.6. The van der Waals surface area contributed by atoms with E-state index in [4.69, 9.17) is 41.5 Å². The average molecular weight is 654 g/mol. The van der Waals surface area contributed by atoms with Crippen LogP contribution in [0.3, 0.4) is 0 Å². The SMILES string of the molecule is NC(N)=[NH+]CCCCNP(=O)(OCC1OC(n2cnc3c(N)ncnc32)CC1O)OC1CC(n2ccc(N)nc2=O)OC1CO. The number of anilines is 2. The molecule has 2 aliphatic heterocycles. The number of ether oxygens (including phenoxy) is 2. The highest BCUT2D eigenvalue weighted by atomic mass is 31.2. The second kappa shape index (κ2) is 14.1. The third-order valence-electron chi connectivity index (χ3n) is 7.34. The standard InChI is InChI=1S/C24H37N12O8P/c25-17-3-6-35(24(39)34-17)19-8-14(15(9-37)42-19)44-45(40,33-5-2-1-4-29-23(27)28)41-10-16-13(38)7-18(43-16)36-12-32-20-21(26)30-11-31-22(20)36/h3,6,11-16,18-19,37-38H,1-2,4-5,7-10H2,(H,33,40)(H2,25,34,39)(H2,26,30,31)(H4,27,28,29)/p+1. The summed E-state index contributed by atoms with van der Waals surface area (Å²) >= 11 is 0. The molecule has 3 aromatic heterocycles. The van der Waals surface area contributed by atoms with Crippen LogP contribution in [0.25, 0.3) is 11.2 Å². The van der Waals surface area contributed by atoms with Crippen molar-refractivity contribution in [1.29, 1.82) is 0 Å². The Morgan fingerprint density at radius 1 is 1.13 bits per heavy atom. The minimum Gasteiger partial charge on any atom is -0.394 e. The predicted octanol–water partition coefficient (Wildman–Crippen LogP) is -3.59. The molecule has 0 aromatic carbocycles. The number of hydrogen-bond donors (Lipinski definition) is 8. The maximum absolute atomic E-state index is 14.1. The lowest BCUT2D eigenvalue weighted by atomic mass is 10.2. The van der Waals surface area contributed by atoms with E-state index in [1.807, 2.05) is 0 Å². The lowest BCUT2D eigenvalue weighted by Gasteiger charge is -2.26. The summed E-state index contributed by atoms with van der Waals surface area (Å²) in [7, 11) is -4.12. The zero-order valence-electron chi connectivity index (χ0n) is 24.2. The molecule has 0 bridgehead atoms. The number of aromatic nitrogens is 6. The van der Waals surface area contributed by atoms with Gasteiger partial charge in [-0.15, -0.1) is 0 Å². The third kappa shape index (κ3) is 7.74. The molecule has 0 spiro atoms. The van der Waals surface area contributed by atoms with Crippen molar-refractivity contribution >= 4 is 36.5 Å². The Morgan fingerprint density at radius 2 is 1.91 bits per heavy atom. The number of guanidine groups is 1. The van der Waals surface area contributed by atoms with Crippen molar-refractivity contribution in [2.24, 2.45) is 11.5 Å². The molecule has 0 radical (unpaired) electrons. The molecule has 7 atom stereocenters. The summed E-state index contributed by atoms with van der Waals surface area (Å²) in [6.07, 6.45) is 0.315. The second-order valence-corrected chi connectivity index (χ2v) is 12.3. The molecule has 2 saturated heterocycles. The minimum atomic E-state index is -4.12. The normalized spacial score (nSPS) is 26.3. The minimum absolute atomic E-state index is 0.0438. The van der Waals surface area contributed by atoms with Gasteiger partial charge in [0.2, 0.25) is 0 Å². The molecular weight excluding hydrogens is 615 g/mol. The molecule has 5 heterocycles. The van der Waals surface area contributed by atoms with Crippen molar-refractivity contribution in [3.05, 3.63) is 35.4 Å². The van der Waals surface area contributed by atoms with Gasteiger partial charge in [0.1, 0.15) is 48.4 Å². The van der Waals surface area contributed by atoms with Crippen molar-refractivity contribution in [2.75, 3.05) is 37.8 Å². The summed E-state index contributed by atoms with van der Waals surface area (Å²) in [5, 5.41) is 23.6. The monoisotopic (exact) mass is 653 g/mol. The molecule has 0 saturated carbocycles. The van der Waals surface area contributed by atoms with E-state index in [-0.39, 0.29) is 43.6 Å². The van der Waals surface area contributed by atoms with Gasteiger partial charge in [-0.05, 0) is 18.9 Å². The van der Waals surface area contributed by atoms with Crippen molar-refractivity contribution < 1.29 is 38.3 Å². The van der Waals surface area contributed by atoms with Crippen LogP contribution in [0.4, 0.5) is 11.6 Å². The second-order valence-electron chi connectivity index (χ2n) is 10.5. The van der Waals surface area contributed by atoms with E-state index in [9.17, 15) is 19.6 Å². The zero-order valence-corrected chi connectivity index (χ0v) is 25.1. The Bertz CT molecular complexity index is 1600. The summed E-state index contributed by atoms with van der Waals surface area (Å²) in [6.45, 7) is -0.0906. The molecule has 20 nitrogen and oxygen atoms in total. The first-order valence-corrected chi connectivity index (χ1v) is 15.8. The molecule has 2 fully saturated rings. The molecule has 3 aromatic rings. The number of aliphatic hydroxyl groups excluding tert-OH is 2. The number of imidazole rings is 1. The Kier molecular flexibility index (Phi) is 10.2. The van der Waals surface area contributed by atoms with Crippen LogP contribution in [0.2, 0.25) is 0 Å². The number of nitrogen functional groups attached to an aromatic ring is 2. The summed E-state index contributed by atoms with van der Waals surface area (Å²) in [5.74, 6) is 0.343. The molecular formula is C24H38N12O8P+. The third-order valence-corrected chi connectivity index (χ3v) is 8.99. The summed E-state index contributed by atoms with van der Waals surface area (Å²) < 4.78 is 40.5. The predicted molar refractivity (Wildman–Crippen MR) is 158 cm³/mol. The van der Waals surface area contributed by atoms with E-state index in [1.165, 1.54) is 29.5 Å². The molecule has 12 N–H and O–H groups in total. The van der Waals surface area contributed by atoms with E-state index in [0.717, 1.165) is 0 Å². The van der Waals surface area contributed by atoms with Gasteiger partial charge in [-0.3, -0.25) is 34.6 Å². The number of fused-ring (bicyclic) bond motifs is 1. The Balaban J connectivity index is 1.27. The number of aliphatic hydroxyl groups is 2. The maximum Gasteiger partial charge on any atom is 0.405 e. The van der Waals surface area contributed by atoms with E-state index < -0.39 is 56.9 Å². The van der Waals surface area contributed by atoms with Crippen molar-refractivity contribution in [1.82, 2.24) is 34.2 Å².